The quantitative estimate of drug-likeness (QED) is 0.522. The molecule has 0 bridgehead atoms. The Labute approximate surface area is 48.6 Å². The van der Waals surface area contributed by atoms with Crippen molar-refractivity contribution in [2.24, 2.45) is 0 Å². The Bertz CT molecular complexity index is 20.9. The van der Waals surface area contributed by atoms with Crippen molar-refractivity contribution in [1.82, 2.24) is 2.84 Å². The summed E-state index contributed by atoms with van der Waals surface area (Å²) in [6.45, 7) is 3.33. The second kappa shape index (κ2) is 3.05. The van der Waals surface area contributed by atoms with Crippen LogP contribution in [0.1, 0.15) is 6.92 Å². The molecule has 5 heavy (non-hydrogen) atoms. The van der Waals surface area contributed by atoms with E-state index >= 15 is 0 Å². The van der Waals surface area contributed by atoms with Crippen LogP contribution in [0.2, 0.25) is 0 Å². The van der Waals surface area contributed by atoms with Crippen LogP contribution < -0.4 is 0 Å². The molecule has 0 N–H and O–H groups in total. The van der Waals surface area contributed by atoms with Crippen molar-refractivity contribution in [3.63, 3.8) is 0 Å². The van der Waals surface area contributed by atoms with Gasteiger partial charge in [0.2, 0.25) is 0 Å². The van der Waals surface area contributed by atoms with Gasteiger partial charge in [-0.15, -0.1) is 0 Å². The third-order valence-electron chi connectivity index (χ3n) is 0.474. The van der Waals surface area contributed by atoms with Gasteiger partial charge in [-0.2, -0.15) is 0 Å². The molecule has 0 aromatic rings. The summed E-state index contributed by atoms with van der Waals surface area (Å²) in [4.78, 5) is 0. The molecular formula is C3H8NZr. The van der Waals surface area contributed by atoms with Gasteiger partial charge < -0.3 is 0 Å². The van der Waals surface area contributed by atoms with E-state index in [-0.39, 0.29) is 0 Å². The van der Waals surface area contributed by atoms with Gasteiger partial charge in [-0.3, -0.25) is 0 Å². The van der Waals surface area contributed by atoms with E-state index in [1.165, 1.54) is 31.6 Å². The van der Waals surface area contributed by atoms with Crippen LogP contribution in [0.4, 0.5) is 0 Å². The molecule has 0 aromatic heterocycles. The number of rotatable bonds is 1. The maximum atomic E-state index is 2.22. The monoisotopic (exact) mass is 148 g/mol. The van der Waals surface area contributed by atoms with Gasteiger partial charge in [0.05, 0.1) is 0 Å². The summed E-state index contributed by atoms with van der Waals surface area (Å²) >= 11 is 1.50. The molecule has 0 aliphatic carbocycles. The second-order valence-electron chi connectivity index (χ2n) is 1.01. The minimum atomic E-state index is 1.18. The first-order valence-electron chi connectivity index (χ1n) is 1.69. The SMILES string of the molecule is CC[N](C)[Zr]. The van der Waals surface area contributed by atoms with E-state index in [9.17, 15) is 0 Å². The Morgan fingerprint density at radius 2 is 2.00 bits per heavy atom. The fraction of sp³-hybridized carbons (Fsp3) is 1.00. The van der Waals surface area contributed by atoms with Gasteiger partial charge in [0.15, 0.2) is 0 Å². The van der Waals surface area contributed by atoms with Crippen LogP contribution >= 0.6 is 0 Å². The van der Waals surface area contributed by atoms with E-state index in [1.54, 1.807) is 0 Å². The summed E-state index contributed by atoms with van der Waals surface area (Å²) in [7, 11) is 2.10. The van der Waals surface area contributed by atoms with E-state index < -0.39 is 0 Å². The third kappa shape index (κ3) is 4.84. The molecule has 0 saturated heterocycles. The fourth-order valence-electron chi connectivity index (χ4n) is 0. The van der Waals surface area contributed by atoms with Crippen molar-refractivity contribution in [2.75, 3.05) is 13.6 Å². The second-order valence-corrected chi connectivity index (χ2v) is 2.89. The van der Waals surface area contributed by atoms with Gasteiger partial charge in [0.1, 0.15) is 0 Å². The molecule has 0 aliphatic rings. The van der Waals surface area contributed by atoms with Crippen LogP contribution in [0.15, 0.2) is 0 Å². The summed E-state index contributed by atoms with van der Waals surface area (Å²) in [5, 5.41) is 0. The van der Waals surface area contributed by atoms with Crippen molar-refractivity contribution in [2.45, 2.75) is 6.92 Å². The van der Waals surface area contributed by atoms with E-state index in [4.69, 9.17) is 0 Å². The average Bonchev–Trinajstić information content (AvgIpc) is 1.38. The molecule has 0 saturated carbocycles. The standard InChI is InChI=1S/C3H8N.Zr/c1-3-4-2;/h3H2,1-2H3;/q-1;+1. The molecule has 0 aliphatic heterocycles. The zero-order valence-electron chi connectivity index (χ0n) is 3.65. The molecule has 0 spiro atoms. The van der Waals surface area contributed by atoms with Gasteiger partial charge in [-0.1, -0.05) is 0 Å². The summed E-state index contributed by atoms with van der Waals surface area (Å²) < 4.78 is 2.22. The number of hydrogen-bond acceptors (Lipinski definition) is 1. The molecule has 0 atom stereocenters. The predicted molar refractivity (Wildman–Crippen MR) is 18.3 cm³/mol. The zero-order valence-corrected chi connectivity index (χ0v) is 6.11. The normalized spacial score (nSPS) is 9.20. The maximum absolute atomic E-state index is 2.22. The third-order valence-corrected chi connectivity index (χ3v) is 1.25. The van der Waals surface area contributed by atoms with Gasteiger partial charge in [-0.25, -0.2) is 0 Å². The number of hydrogen-bond donors (Lipinski definition) is 0. The zero-order chi connectivity index (χ0) is 4.28. The van der Waals surface area contributed by atoms with E-state index in [0.717, 1.165) is 0 Å². The molecule has 0 rings (SSSR count). The van der Waals surface area contributed by atoms with Gasteiger partial charge in [0, 0.05) is 0 Å². The first kappa shape index (κ1) is 5.84. The molecule has 0 amide bonds. The summed E-state index contributed by atoms with van der Waals surface area (Å²) in [6.07, 6.45) is 0. The fourth-order valence-corrected chi connectivity index (χ4v) is 0. The molecule has 0 heterocycles. The van der Waals surface area contributed by atoms with Crippen LogP contribution in [0.25, 0.3) is 0 Å². The Hall–Kier alpha value is 0.843. The topological polar surface area (TPSA) is 3.24 Å². The molecule has 29 valence electrons. The van der Waals surface area contributed by atoms with Crippen molar-refractivity contribution in [3.05, 3.63) is 0 Å². The van der Waals surface area contributed by atoms with Crippen molar-refractivity contribution in [3.8, 4) is 0 Å². The Morgan fingerprint density at radius 1 is 1.80 bits per heavy atom. The van der Waals surface area contributed by atoms with Crippen LogP contribution in [-0.2, 0) is 25.0 Å². The van der Waals surface area contributed by atoms with Gasteiger partial charge >= 0.3 is 48.4 Å². The number of nitrogens with zero attached hydrogens (tertiary/aromatic N) is 1. The van der Waals surface area contributed by atoms with Crippen molar-refractivity contribution < 1.29 is 25.0 Å². The van der Waals surface area contributed by atoms with Crippen LogP contribution in [-0.4, -0.2) is 16.4 Å². The van der Waals surface area contributed by atoms with E-state index in [2.05, 4.69) is 16.8 Å². The molecule has 0 aromatic carbocycles. The molecular weight excluding hydrogens is 141 g/mol. The Kier molecular flexibility index (Phi) is 3.56. The van der Waals surface area contributed by atoms with E-state index in [1.807, 2.05) is 0 Å². The molecule has 1 nitrogen and oxygen atoms in total. The van der Waals surface area contributed by atoms with Crippen molar-refractivity contribution >= 4 is 0 Å². The molecule has 0 fully saturated rings. The molecule has 0 radical (unpaired) electrons. The molecule has 0 unspecified atom stereocenters. The van der Waals surface area contributed by atoms with Gasteiger partial charge in [-0.05, 0) is 0 Å². The first-order chi connectivity index (χ1) is 2.27. The summed E-state index contributed by atoms with van der Waals surface area (Å²) in [5.41, 5.74) is 0. The summed E-state index contributed by atoms with van der Waals surface area (Å²) in [5.74, 6) is 0. The Balaban J connectivity index is 2.54. The van der Waals surface area contributed by atoms with Gasteiger partial charge in [0.25, 0.3) is 0 Å². The summed E-state index contributed by atoms with van der Waals surface area (Å²) in [6, 6.07) is 0. The van der Waals surface area contributed by atoms with Crippen LogP contribution in [0, 0.1) is 0 Å². The predicted octanol–water partition coefficient (Wildman–Crippen LogP) is 0.400. The average molecular weight is 149 g/mol. The van der Waals surface area contributed by atoms with E-state index in [0.29, 0.717) is 0 Å². The van der Waals surface area contributed by atoms with Crippen molar-refractivity contribution in [1.29, 1.82) is 0 Å². The molecule has 2 heteroatoms. The minimum absolute atomic E-state index is 1.18. The van der Waals surface area contributed by atoms with Crippen LogP contribution in [0.3, 0.4) is 0 Å². The Morgan fingerprint density at radius 3 is 2.00 bits per heavy atom. The first-order valence-corrected chi connectivity index (χ1v) is 2.79. The van der Waals surface area contributed by atoms with Crippen LogP contribution in [0.5, 0.6) is 0 Å².